The fourth-order valence-corrected chi connectivity index (χ4v) is 7.56. The number of anilines is 3. The SMILES string of the molecule is Cc1ccc(N(c2ccc(C)cc2)c2sc(-c3cnc(N=c4c(=O)c(=O)c5ccccc45)c4nsnc34)c3ccccc23)cc1. The van der Waals surface area contributed by atoms with E-state index in [1.807, 2.05) is 6.07 Å². The van der Waals surface area contributed by atoms with Gasteiger partial charge in [0.1, 0.15) is 21.4 Å². The van der Waals surface area contributed by atoms with Crippen LogP contribution < -0.4 is 21.1 Å². The second-order valence-electron chi connectivity index (χ2n) is 10.9. The van der Waals surface area contributed by atoms with Crippen LogP contribution in [0.4, 0.5) is 22.2 Å². The molecule has 0 saturated heterocycles. The Morgan fingerprint density at radius 1 is 0.644 bits per heavy atom. The third-order valence-corrected chi connectivity index (χ3v) is 9.74. The summed E-state index contributed by atoms with van der Waals surface area (Å²) in [5.41, 5.74) is 5.28. The number of benzene rings is 4. The van der Waals surface area contributed by atoms with E-state index in [4.69, 9.17) is 4.98 Å². The Morgan fingerprint density at radius 2 is 1.22 bits per heavy atom. The van der Waals surface area contributed by atoms with Crippen molar-refractivity contribution in [2.24, 2.45) is 4.99 Å². The van der Waals surface area contributed by atoms with Crippen molar-refractivity contribution in [3.63, 3.8) is 0 Å². The Hall–Kier alpha value is -5.38. The van der Waals surface area contributed by atoms with Crippen molar-refractivity contribution in [2.75, 3.05) is 4.90 Å². The summed E-state index contributed by atoms with van der Waals surface area (Å²) in [6, 6.07) is 32.4. The Bertz CT molecular complexity index is 2510. The number of aromatic nitrogens is 3. The van der Waals surface area contributed by atoms with Crippen molar-refractivity contribution in [1.82, 2.24) is 13.7 Å². The maximum absolute atomic E-state index is 12.9. The smallest absolute Gasteiger partial charge is 0.252 e. The minimum Gasteiger partial charge on any atom is -0.301 e. The highest BCUT2D eigenvalue weighted by Gasteiger charge is 2.23. The molecule has 216 valence electrons. The van der Waals surface area contributed by atoms with Gasteiger partial charge in [-0.25, -0.2) is 9.98 Å². The molecule has 0 spiro atoms. The Balaban J connectivity index is 1.34. The summed E-state index contributed by atoms with van der Waals surface area (Å²) in [4.78, 5) is 38.0. The lowest BCUT2D eigenvalue weighted by Crippen LogP contribution is -2.30. The normalized spacial score (nSPS) is 12.1. The van der Waals surface area contributed by atoms with Crippen LogP contribution in [0, 0.1) is 13.8 Å². The van der Waals surface area contributed by atoms with Gasteiger partial charge in [-0.3, -0.25) is 9.59 Å². The highest BCUT2D eigenvalue weighted by Crippen LogP contribution is 2.50. The number of hydrogen-bond acceptors (Lipinski definition) is 9. The zero-order valence-corrected chi connectivity index (χ0v) is 25.8. The van der Waals surface area contributed by atoms with Gasteiger partial charge in [0.05, 0.1) is 11.7 Å². The van der Waals surface area contributed by atoms with Crippen molar-refractivity contribution < 1.29 is 0 Å². The first kappa shape index (κ1) is 27.2. The quantitative estimate of drug-likeness (QED) is 0.181. The van der Waals surface area contributed by atoms with Gasteiger partial charge in [-0.15, -0.1) is 11.3 Å². The van der Waals surface area contributed by atoms with Crippen LogP contribution in [-0.4, -0.2) is 13.7 Å². The maximum Gasteiger partial charge on any atom is 0.252 e. The summed E-state index contributed by atoms with van der Waals surface area (Å²) in [6.07, 6.45) is 1.75. The van der Waals surface area contributed by atoms with Crippen molar-refractivity contribution in [3.05, 3.63) is 140 Å². The van der Waals surface area contributed by atoms with Gasteiger partial charge >= 0.3 is 0 Å². The first-order valence-corrected chi connectivity index (χ1v) is 15.9. The molecule has 7 nitrogen and oxygen atoms in total. The Morgan fingerprint density at radius 3 is 1.89 bits per heavy atom. The molecule has 0 radical (unpaired) electrons. The summed E-state index contributed by atoms with van der Waals surface area (Å²) < 4.78 is 9.21. The number of fused-ring (bicyclic) bond motifs is 3. The summed E-state index contributed by atoms with van der Waals surface area (Å²) in [5.74, 6) is 0.261. The third-order valence-electron chi connectivity index (χ3n) is 7.97. The molecule has 0 unspecified atom stereocenters. The van der Waals surface area contributed by atoms with Crippen LogP contribution in [0.25, 0.3) is 43.0 Å². The van der Waals surface area contributed by atoms with Crippen LogP contribution >= 0.6 is 23.1 Å². The van der Waals surface area contributed by atoms with Crippen LogP contribution in [0.1, 0.15) is 11.1 Å². The third kappa shape index (κ3) is 4.47. The topological polar surface area (TPSA) is 88.4 Å². The maximum atomic E-state index is 12.9. The van der Waals surface area contributed by atoms with Gasteiger partial charge in [-0.2, -0.15) is 8.75 Å². The number of nitrogens with zero attached hydrogens (tertiary/aromatic N) is 5. The Labute approximate surface area is 265 Å². The molecule has 3 aromatic heterocycles. The average molecular weight is 622 g/mol. The first-order chi connectivity index (χ1) is 22.0. The van der Waals surface area contributed by atoms with Gasteiger partial charge < -0.3 is 4.90 Å². The van der Waals surface area contributed by atoms with Crippen LogP contribution in [0.15, 0.2) is 118 Å². The molecule has 0 aliphatic heterocycles. The number of pyridine rings is 1. The fraction of sp³-hybridized carbons (Fsp3) is 0.0556. The van der Waals surface area contributed by atoms with E-state index in [2.05, 4.69) is 99.2 Å². The highest BCUT2D eigenvalue weighted by atomic mass is 32.1. The molecule has 9 heteroatoms. The van der Waals surface area contributed by atoms with Crippen molar-refractivity contribution in [1.29, 1.82) is 0 Å². The molecule has 0 bridgehead atoms. The number of thiophene rings is 1. The van der Waals surface area contributed by atoms with E-state index in [-0.39, 0.29) is 11.2 Å². The molecular formula is C36H23N5O2S2. The Kier molecular flexibility index (Phi) is 6.44. The second kappa shape index (κ2) is 10.7. The molecular weight excluding hydrogens is 599 g/mol. The molecule has 45 heavy (non-hydrogen) atoms. The predicted octanol–water partition coefficient (Wildman–Crippen LogP) is 8.04. The standard InChI is InChI=1S/C36H23N5O2S2/c1-20-11-15-22(16-12-20)41(23-17-13-21(2)14-18-23)36-27-10-6-5-9-26(27)34(44-36)28-19-37-35(31-29(28)39-45-40-31)38-30-24-7-3-4-8-25(24)32(42)33(30)43/h3-19H,1-2H3. The molecule has 0 amide bonds. The number of rotatable bonds is 5. The molecule has 0 aliphatic rings. The molecule has 3 heterocycles. The minimum absolute atomic E-state index is 0.0841. The van der Waals surface area contributed by atoms with E-state index in [1.165, 1.54) is 11.1 Å². The van der Waals surface area contributed by atoms with Crippen molar-refractivity contribution in [2.45, 2.75) is 13.8 Å². The number of hydrogen-bond donors (Lipinski definition) is 0. The molecule has 0 aliphatic carbocycles. The average Bonchev–Trinajstić information content (AvgIpc) is 3.77. The van der Waals surface area contributed by atoms with Crippen LogP contribution in [0.5, 0.6) is 0 Å². The van der Waals surface area contributed by atoms with Gasteiger partial charge in [0, 0.05) is 49.6 Å². The molecule has 0 atom stereocenters. The molecule has 8 rings (SSSR count). The summed E-state index contributed by atoms with van der Waals surface area (Å²) in [6.45, 7) is 4.18. The highest BCUT2D eigenvalue weighted by molar-refractivity contribution is 7.21. The van der Waals surface area contributed by atoms with Gasteiger partial charge in [0.2, 0.25) is 5.43 Å². The first-order valence-electron chi connectivity index (χ1n) is 14.3. The summed E-state index contributed by atoms with van der Waals surface area (Å²) in [7, 11) is 0. The number of aryl methyl sites for hydroxylation is 2. The van der Waals surface area contributed by atoms with Crippen molar-refractivity contribution in [3.8, 4) is 10.4 Å². The zero-order valence-electron chi connectivity index (χ0n) is 24.2. The van der Waals surface area contributed by atoms with Gasteiger partial charge in [0.15, 0.2) is 5.82 Å². The van der Waals surface area contributed by atoms with E-state index in [0.29, 0.717) is 21.8 Å². The van der Waals surface area contributed by atoms with E-state index < -0.39 is 10.9 Å². The van der Waals surface area contributed by atoms with E-state index in [1.54, 1.807) is 41.8 Å². The van der Waals surface area contributed by atoms with Crippen LogP contribution in [0.3, 0.4) is 0 Å². The minimum atomic E-state index is -0.639. The van der Waals surface area contributed by atoms with E-state index in [9.17, 15) is 9.59 Å². The lowest BCUT2D eigenvalue weighted by atomic mass is 10.1. The zero-order chi connectivity index (χ0) is 30.7. The van der Waals surface area contributed by atoms with Crippen LogP contribution in [0.2, 0.25) is 0 Å². The fourth-order valence-electron chi connectivity index (χ4n) is 5.68. The molecule has 5 aromatic carbocycles. The second-order valence-corrected chi connectivity index (χ2v) is 12.4. The molecule has 0 N–H and O–H groups in total. The van der Waals surface area contributed by atoms with Gasteiger partial charge in [-0.05, 0) is 38.1 Å². The van der Waals surface area contributed by atoms with E-state index >= 15 is 0 Å². The van der Waals surface area contributed by atoms with Gasteiger partial charge in [-0.1, -0.05) is 83.9 Å². The van der Waals surface area contributed by atoms with Crippen molar-refractivity contribution >= 4 is 77.8 Å². The summed E-state index contributed by atoms with van der Waals surface area (Å²) in [5, 5.41) is 4.19. The van der Waals surface area contributed by atoms with Gasteiger partial charge in [0.25, 0.3) is 5.43 Å². The monoisotopic (exact) mass is 621 g/mol. The molecule has 0 saturated carbocycles. The lowest BCUT2D eigenvalue weighted by Gasteiger charge is -2.24. The predicted molar refractivity (Wildman–Crippen MR) is 184 cm³/mol. The molecule has 8 aromatic rings. The van der Waals surface area contributed by atoms with E-state index in [0.717, 1.165) is 49.3 Å². The van der Waals surface area contributed by atoms with Crippen LogP contribution in [-0.2, 0) is 0 Å². The molecule has 0 fully saturated rings. The lowest BCUT2D eigenvalue weighted by molar-refractivity contribution is 1.23. The summed E-state index contributed by atoms with van der Waals surface area (Å²) >= 11 is 2.74. The largest absolute Gasteiger partial charge is 0.301 e.